The molecule has 2 amide bonds. The van der Waals surface area contributed by atoms with Gasteiger partial charge in [-0.2, -0.15) is 0 Å². The average molecular weight is 512 g/mol. The number of benzene rings is 1. The molecule has 5 nitrogen and oxygen atoms in total. The number of fused-ring (bicyclic) bond motifs is 3. The van der Waals surface area contributed by atoms with E-state index in [0.717, 1.165) is 63.4 Å². The molecular weight excluding hydrogens is 474 g/mol. The molecule has 0 radical (unpaired) electrons. The van der Waals surface area contributed by atoms with Gasteiger partial charge in [-0.15, -0.1) is 0 Å². The first-order valence-electron chi connectivity index (χ1n) is 13.7. The number of aromatic hydroxyl groups is 1. The maximum absolute atomic E-state index is 13.7. The molecule has 36 heavy (non-hydrogen) atoms. The average Bonchev–Trinajstić information content (AvgIpc) is 3.39. The number of allylic oxidation sites excluding steroid dienone is 2. The van der Waals surface area contributed by atoms with Gasteiger partial charge < -0.3 is 9.84 Å². The minimum atomic E-state index is -0.243. The molecule has 2 aliphatic carbocycles. The van der Waals surface area contributed by atoms with Gasteiger partial charge in [0.1, 0.15) is 5.75 Å². The van der Waals surface area contributed by atoms with Crippen LogP contribution < -0.4 is 0 Å². The van der Waals surface area contributed by atoms with Gasteiger partial charge >= 0.3 is 0 Å². The minimum Gasteiger partial charge on any atom is -0.508 e. The summed E-state index contributed by atoms with van der Waals surface area (Å²) in [6.07, 6.45) is 11.8. The highest BCUT2D eigenvalue weighted by Crippen LogP contribution is 2.51. The van der Waals surface area contributed by atoms with Crippen molar-refractivity contribution < 1.29 is 19.4 Å². The van der Waals surface area contributed by atoms with Gasteiger partial charge in [0.15, 0.2) is 0 Å². The summed E-state index contributed by atoms with van der Waals surface area (Å²) in [7, 11) is 0. The lowest BCUT2D eigenvalue weighted by Crippen LogP contribution is -2.42. The number of imide groups is 1. The largest absolute Gasteiger partial charge is 0.508 e. The summed E-state index contributed by atoms with van der Waals surface area (Å²) >= 11 is 6.29. The van der Waals surface area contributed by atoms with Gasteiger partial charge in [0.25, 0.3) is 0 Å². The molecule has 5 rings (SSSR count). The van der Waals surface area contributed by atoms with Crippen LogP contribution >= 0.6 is 11.6 Å². The van der Waals surface area contributed by atoms with Crippen molar-refractivity contribution in [1.29, 1.82) is 0 Å². The molecule has 0 spiro atoms. The second kappa shape index (κ2) is 10.7. The standard InChI is InChI=1S/C30H38ClNO4/c1-3-7-20-15-23-28(30(35)32(29(23)34)21-8-5-4-6-9-21)24-17-36-26(27(20)24)13-10-18(2)14-19-11-12-22(33)16-25(19)31/h11-12,14,16,21,23-24,26,28,33H,3-10,13,15,17H2,1-2H3/b18-14+/t23-,24+,26-,28-/m1/s1. The van der Waals surface area contributed by atoms with Crippen LogP contribution in [-0.4, -0.2) is 40.6 Å². The lowest BCUT2D eigenvalue weighted by molar-refractivity contribution is -0.143. The molecule has 0 bridgehead atoms. The second-order valence-electron chi connectivity index (χ2n) is 11.1. The first-order chi connectivity index (χ1) is 17.4. The third-order valence-corrected chi connectivity index (χ3v) is 9.05. The smallest absolute Gasteiger partial charge is 0.234 e. The molecule has 4 aliphatic rings. The number of carbonyl (C=O) groups is 2. The molecular formula is C30H38ClNO4. The van der Waals surface area contributed by atoms with Crippen LogP contribution in [0, 0.1) is 17.8 Å². The Morgan fingerprint density at radius 3 is 2.67 bits per heavy atom. The van der Waals surface area contributed by atoms with Gasteiger partial charge in [-0.05, 0) is 74.8 Å². The molecule has 0 aromatic heterocycles. The monoisotopic (exact) mass is 511 g/mol. The lowest BCUT2D eigenvalue weighted by atomic mass is 9.68. The zero-order valence-corrected chi connectivity index (χ0v) is 22.2. The quantitative estimate of drug-likeness (QED) is 0.327. The molecule has 2 saturated heterocycles. The molecule has 3 fully saturated rings. The Morgan fingerprint density at radius 1 is 1.17 bits per heavy atom. The number of ether oxygens (including phenoxy) is 1. The van der Waals surface area contributed by atoms with E-state index in [9.17, 15) is 14.7 Å². The summed E-state index contributed by atoms with van der Waals surface area (Å²) in [6.45, 7) is 4.82. The molecule has 1 aromatic rings. The van der Waals surface area contributed by atoms with Crippen LogP contribution in [0.4, 0.5) is 0 Å². The summed E-state index contributed by atoms with van der Waals surface area (Å²) in [5, 5.41) is 10.1. The van der Waals surface area contributed by atoms with E-state index in [0.29, 0.717) is 11.6 Å². The Balaban J connectivity index is 1.34. The molecule has 4 atom stereocenters. The Bertz CT molecular complexity index is 1090. The first kappa shape index (κ1) is 25.5. The van der Waals surface area contributed by atoms with E-state index in [-0.39, 0.29) is 47.5 Å². The highest BCUT2D eigenvalue weighted by molar-refractivity contribution is 6.32. The number of amides is 2. The van der Waals surface area contributed by atoms with E-state index in [1.54, 1.807) is 17.0 Å². The van der Waals surface area contributed by atoms with Crippen LogP contribution in [0.25, 0.3) is 6.08 Å². The van der Waals surface area contributed by atoms with Gasteiger partial charge in [0.05, 0.1) is 29.6 Å². The summed E-state index contributed by atoms with van der Waals surface area (Å²) < 4.78 is 6.36. The van der Waals surface area contributed by atoms with E-state index >= 15 is 0 Å². The third kappa shape index (κ3) is 4.77. The van der Waals surface area contributed by atoms with E-state index in [2.05, 4.69) is 19.9 Å². The molecule has 0 unspecified atom stereocenters. The third-order valence-electron chi connectivity index (χ3n) is 8.72. The molecule has 6 heteroatoms. The van der Waals surface area contributed by atoms with Crippen molar-refractivity contribution in [3.05, 3.63) is 45.5 Å². The van der Waals surface area contributed by atoms with E-state index in [1.165, 1.54) is 23.1 Å². The number of halogens is 1. The molecule has 194 valence electrons. The van der Waals surface area contributed by atoms with Crippen molar-refractivity contribution in [2.75, 3.05) is 6.61 Å². The van der Waals surface area contributed by atoms with Gasteiger partial charge in [0, 0.05) is 12.0 Å². The van der Waals surface area contributed by atoms with Crippen LogP contribution in [-0.2, 0) is 14.3 Å². The van der Waals surface area contributed by atoms with Crippen LogP contribution in [0.5, 0.6) is 5.75 Å². The van der Waals surface area contributed by atoms with Crippen molar-refractivity contribution in [3.8, 4) is 5.75 Å². The molecule has 1 saturated carbocycles. The Kier molecular flexibility index (Phi) is 7.60. The number of phenolic OH excluding ortho intramolecular Hbond substituents is 1. The maximum atomic E-state index is 13.7. The second-order valence-corrected chi connectivity index (χ2v) is 11.6. The summed E-state index contributed by atoms with van der Waals surface area (Å²) in [5.74, 6) is -0.0954. The first-order valence-corrected chi connectivity index (χ1v) is 14.1. The molecule has 1 aromatic carbocycles. The van der Waals surface area contributed by atoms with E-state index < -0.39 is 0 Å². The number of hydrogen-bond donors (Lipinski definition) is 1. The summed E-state index contributed by atoms with van der Waals surface area (Å²) in [6, 6.07) is 5.13. The van der Waals surface area contributed by atoms with Crippen molar-refractivity contribution >= 4 is 29.5 Å². The van der Waals surface area contributed by atoms with Crippen molar-refractivity contribution in [2.24, 2.45) is 17.8 Å². The topological polar surface area (TPSA) is 66.8 Å². The Morgan fingerprint density at radius 2 is 1.94 bits per heavy atom. The molecule has 2 aliphatic heterocycles. The SMILES string of the molecule is CCCC1=C2[C@@H](CC/C(C)=C/c3ccc(O)cc3Cl)OC[C@@H]2[C@@H]2C(=O)N(C3CCCCC3)C(=O)[C@@H]2C1. The van der Waals surface area contributed by atoms with Crippen molar-refractivity contribution in [1.82, 2.24) is 4.90 Å². The van der Waals surface area contributed by atoms with Crippen molar-refractivity contribution in [3.63, 3.8) is 0 Å². The Labute approximate surface area is 219 Å². The fraction of sp³-hybridized carbons (Fsp3) is 0.600. The Hall–Kier alpha value is -2.11. The van der Waals surface area contributed by atoms with Gasteiger partial charge in [-0.25, -0.2) is 0 Å². The fourth-order valence-electron chi connectivity index (χ4n) is 7.06. The number of nitrogens with zero attached hydrogens (tertiary/aromatic N) is 1. The highest BCUT2D eigenvalue weighted by Gasteiger charge is 2.57. The van der Waals surface area contributed by atoms with Gasteiger partial charge in [-0.3, -0.25) is 14.5 Å². The normalized spacial score (nSPS) is 29.2. The van der Waals surface area contributed by atoms with E-state index in [1.807, 2.05) is 6.07 Å². The predicted molar refractivity (Wildman–Crippen MR) is 141 cm³/mol. The number of rotatable bonds is 7. The van der Waals surface area contributed by atoms with Crippen molar-refractivity contribution in [2.45, 2.75) is 90.2 Å². The van der Waals surface area contributed by atoms with E-state index in [4.69, 9.17) is 16.3 Å². The molecule has 2 heterocycles. The minimum absolute atomic E-state index is 0.00257. The highest BCUT2D eigenvalue weighted by atomic mass is 35.5. The van der Waals surface area contributed by atoms with Crippen LogP contribution in [0.3, 0.4) is 0 Å². The number of hydrogen-bond acceptors (Lipinski definition) is 4. The van der Waals surface area contributed by atoms with Gasteiger partial charge in [0.2, 0.25) is 11.8 Å². The summed E-state index contributed by atoms with van der Waals surface area (Å²) in [4.78, 5) is 28.9. The number of carbonyl (C=O) groups excluding carboxylic acids is 2. The van der Waals surface area contributed by atoms with Gasteiger partial charge in [-0.1, -0.05) is 61.4 Å². The van der Waals surface area contributed by atoms with Crippen LogP contribution in [0.1, 0.15) is 83.6 Å². The molecule has 1 N–H and O–H groups in total. The lowest BCUT2D eigenvalue weighted by Gasteiger charge is -2.32. The summed E-state index contributed by atoms with van der Waals surface area (Å²) in [5.41, 5.74) is 4.76. The number of phenols is 1. The zero-order chi connectivity index (χ0) is 25.4. The maximum Gasteiger partial charge on any atom is 0.234 e. The van der Waals surface area contributed by atoms with Crippen LogP contribution in [0.2, 0.25) is 5.02 Å². The zero-order valence-electron chi connectivity index (χ0n) is 21.5. The van der Waals surface area contributed by atoms with Crippen LogP contribution in [0.15, 0.2) is 34.9 Å². The predicted octanol–water partition coefficient (Wildman–Crippen LogP) is 6.68. The fourth-order valence-corrected chi connectivity index (χ4v) is 7.29. The number of likely N-dealkylation sites (tertiary alicyclic amines) is 1.